The zero-order valence-electron chi connectivity index (χ0n) is 11.5. The Morgan fingerprint density at radius 3 is 2.95 bits per heavy atom. The molecule has 2 heterocycles. The van der Waals surface area contributed by atoms with E-state index >= 15 is 0 Å². The van der Waals surface area contributed by atoms with Gasteiger partial charge in [0.1, 0.15) is 0 Å². The summed E-state index contributed by atoms with van der Waals surface area (Å²) in [7, 11) is 0. The summed E-state index contributed by atoms with van der Waals surface area (Å²) in [4.78, 5) is 15.5. The third-order valence-corrected chi connectivity index (χ3v) is 5.22. The highest BCUT2D eigenvalue weighted by Crippen LogP contribution is 2.30. The molecule has 7 heteroatoms. The summed E-state index contributed by atoms with van der Waals surface area (Å²) in [6, 6.07) is 1.75. The van der Waals surface area contributed by atoms with Crippen molar-refractivity contribution in [1.29, 1.82) is 0 Å². The summed E-state index contributed by atoms with van der Waals surface area (Å²) in [6.07, 6.45) is -0.379. The summed E-state index contributed by atoms with van der Waals surface area (Å²) < 4.78 is 37.0. The van der Waals surface area contributed by atoms with Crippen molar-refractivity contribution in [3.63, 3.8) is 0 Å². The molecule has 0 unspecified atom stereocenters. The molecule has 3 nitrogen and oxygen atoms in total. The first kappa shape index (κ1) is 14.8. The highest BCUT2D eigenvalue weighted by molar-refractivity contribution is 7.14. The van der Waals surface area contributed by atoms with Gasteiger partial charge in [-0.05, 0) is 37.3 Å². The highest BCUT2D eigenvalue weighted by atomic mass is 32.1. The molecule has 1 aromatic rings. The van der Waals surface area contributed by atoms with Crippen molar-refractivity contribution < 1.29 is 18.0 Å². The number of hydrogen-bond acceptors (Lipinski definition) is 3. The summed E-state index contributed by atoms with van der Waals surface area (Å²) in [5.74, 6) is -0.145. The number of thiophene rings is 1. The lowest BCUT2D eigenvalue weighted by atomic mass is 10.2. The fraction of sp³-hybridized carbons (Fsp3) is 0.643. The van der Waals surface area contributed by atoms with Gasteiger partial charge in [0.05, 0.1) is 11.4 Å². The molecule has 0 bridgehead atoms. The molecule has 21 heavy (non-hydrogen) atoms. The SMILES string of the molecule is O=C(N[C@@H]1CCN(CC(F)(F)F)C1)c1cc2c(s1)CCC2. The number of likely N-dealkylation sites (tertiary alicyclic amines) is 1. The molecule has 1 saturated heterocycles. The van der Waals surface area contributed by atoms with E-state index in [4.69, 9.17) is 0 Å². The summed E-state index contributed by atoms with van der Waals surface area (Å²) >= 11 is 1.52. The Balaban J connectivity index is 1.54. The van der Waals surface area contributed by atoms with Crippen molar-refractivity contribution in [2.45, 2.75) is 37.9 Å². The Labute approximate surface area is 125 Å². The molecular weight excluding hydrogens is 301 g/mol. The van der Waals surface area contributed by atoms with E-state index < -0.39 is 12.7 Å². The maximum Gasteiger partial charge on any atom is 0.401 e. The zero-order valence-corrected chi connectivity index (χ0v) is 12.3. The number of nitrogens with one attached hydrogen (secondary N) is 1. The third-order valence-electron chi connectivity index (χ3n) is 3.98. The van der Waals surface area contributed by atoms with Crippen LogP contribution in [0.4, 0.5) is 13.2 Å². The van der Waals surface area contributed by atoms with Crippen molar-refractivity contribution in [3.8, 4) is 0 Å². The van der Waals surface area contributed by atoms with Crippen LogP contribution in [-0.4, -0.2) is 42.7 Å². The number of carbonyl (C=O) groups is 1. The zero-order chi connectivity index (χ0) is 15.0. The lowest BCUT2D eigenvalue weighted by Gasteiger charge is -2.18. The van der Waals surface area contributed by atoms with Crippen molar-refractivity contribution >= 4 is 17.2 Å². The second-order valence-electron chi connectivity index (χ2n) is 5.72. The van der Waals surface area contributed by atoms with Crippen LogP contribution in [0.5, 0.6) is 0 Å². The van der Waals surface area contributed by atoms with Gasteiger partial charge in [-0.3, -0.25) is 9.69 Å². The monoisotopic (exact) mass is 318 g/mol. The number of halogens is 3. The molecule has 0 spiro atoms. The van der Waals surface area contributed by atoms with Crippen LogP contribution >= 0.6 is 11.3 Å². The Hall–Kier alpha value is -1.08. The minimum atomic E-state index is -4.17. The molecule has 1 aliphatic carbocycles. The van der Waals surface area contributed by atoms with Gasteiger partial charge >= 0.3 is 6.18 Å². The maximum atomic E-state index is 12.3. The molecule has 1 aliphatic heterocycles. The Morgan fingerprint density at radius 1 is 1.43 bits per heavy atom. The summed E-state index contributed by atoms with van der Waals surface area (Å²) in [5.41, 5.74) is 1.26. The number of amides is 1. The molecule has 1 atom stereocenters. The standard InChI is InChI=1S/C14H17F3N2OS/c15-14(16,17)8-19-5-4-10(7-19)18-13(20)12-6-9-2-1-3-11(9)21-12/h6,10H,1-5,7-8H2,(H,18,20)/t10-/m1/s1. The molecule has 116 valence electrons. The van der Waals surface area contributed by atoms with Gasteiger partial charge in [-0.15, -0.1) is 11.3 Å². The van der Waals surface area contributed by atoms with Crippen LogP contribution in [0.2, 0.25) is 0 Å². The number of rotatable bonds is 3. The van der Waals surface area contributed by atoms with Gasteiger partial charge in [0.2, 0.25) is 0 Å². The first-order valence-corrected chi connectivity index (χ1v) is 7.94. The quantitative estimate of drug-likeness (QED) is 0.929. The fourth-order valence-corrected chi connectivity index (χ4v) is 4.20. The molecule has 0 saturated carbocycles. The lowest BCUT2D eigenvalue weighted by Crippen LogP contribution is -2.39. The normalized spacial score (nSPS) is 22.5. The smallest absolute Gasteiger partial charge is 0.347 e. The predicted octanol–water partition coefficient (Wildman–Crippen LogP) is 2.60. The van der Waals surface area contributed by atoms with E-state index in [9.17, 15) is 18.0 Å². The van der Waals surface area contributed by atoms with Gasteiger partial charge in [-0.1, -0.05) is 0 Å². The van der Waals surface area contributed by atoms with E-state index in [1.165, 1.54) is 26.7 Å². The summed E-state index contributed by atoms with van der Waals surface area (Å²) in [6.45, 7) is -0.242. The van der Waals surface area contributed by atoms with Gasteiger partial charge in [-0.2, -0.15) is 13.2 Å². The molecule has 2 aliphatic rings. The van der Waals surface area contributed by atoms with Crippen LogP contribution in [-0.2, 0) is 12.8 Å². The third kappa shape index (κ3) is 3.58. The van der Waals surface area contributed by atoms with Crippen molar-refractivity contribution in [1.82, 2.24) is 10.2 Å². The molecule has 1 N–H and O–H groups in total. The van der Waals surface area contributed by atoms with Gasteiger partial charge in [0.25, 0.3) is 5.91 Å². The largest absolute Gasteiger partial charge is 0.401 e. The molecular formula is C14H17F3N2OS. The Morgan fingerprint density at radius 2 is 2.24 bits per heavy atom. The van der Waals surface area contributed by atoms with Crippen LogP contribution in [0.1, 0.15) is 33.0 Å². The average molecular weight is 318 g/mol. The van der Waals surface area contributed by atoms with Crippen molar-refractivity contribution in [3.05, 3.63) is 21.4 Å². The molecule has 3 rings (SSSR count). The number of fused-ring (bicyclic) bond motifs is 1. The van der Waals surface area contributed by atoms with E-state index in [0.29, 0.717) is 17.8 Å². The van der Waals surface area contributed by atoms with Crippen LogP contribution < -0.4 is 5.32 Å². The van der Waals surface area contributed by atoms with Gasteiger partial charge < -0.3 is 5.32 Å². The first-order chi connectivity index (χ1) is 9.90. The second-order valence-corrected chi connectivity index (χ2v) is 6.86. The Kier molecular flexibility index (Phi) is 3.96. The van der Waals surface area contributed by atoms with Gasteiger partial charge in [-0.25, -0.2) is 0 Å². The topological polar surface area (TPSA) is 32.3 Å². The molecule has 1 fully saturated rings. The lowest BCUT2D eigenvalue weighted by molar-refractivity contribution is -0.143. The molecule has 0 radical (unpaired) electrons. The Bertz CT molecular complexity index is 519. The molecule has 1 aromatic heterocycles. The van der Waals surface area contributed by atoms with Gasteiger partial charge in [0, 0.05) is 24.0 Å². The van der Waals surface area contributed by atoms with E-state index in [2.05, 4.69) is 5.32 Å². The van der Waals surface area contributed by atoms with Gasteiger partial charge in [0.15, 0.2) is 0 Å². The van der Waals surface area contributed by atoms with Crippen LogP contribution in [0.25, 0.3) is 0 Å². The fourth-order valence-electron chi connectivity index (χ4n) is 3.05. The predicted molar refractivity (Wildman–Crippen MR) is 74.7 cm³/mol. The van der Waals surface area contributed by atoms with E-state index in [1.54, 1.807) is 0 Å². The second kappa shape index (κ2) is 5.61. The van der Waals surface area contributed by atoms with Crippen molar-refractivity contribution in [2.75, 3.05) is 19.6 Å². The average Bonchev–Trinajstić information content (AvgIpc) is 3.01. The number of alkyl halides is 3. The van der Waals surface area contributed by atoms with E-state index in [-0.39, 0.29) is 18.5 Å². The maximum absolute atomic E-state index is 12.3. The number of hydrogen-bond donors (Lipinski definition) is 1. The van der Waals surface area contributed by atoms with Crippen LogP contribution in [0.15, 0.2) is 6.07 Å². The summed E-state index contributed by atoms with van der Waals surface area (Å²) in [5, 5.41) is 2.86. The van der Waals surface area contributed by atoms with Crippen molar-refractivity contribution in [2.24, 2.45) is 0 Å². The number of nitrogens with zero attached hydrogens (tertiary/aromatic N) is 1. The van der Waals surface area contributed by atoms with E-state index in [0.717, 1.165) is 19.3 Å². The molecule has 0 aromatic carbocycles. The van der Waals surface area contributed by atoms with E-state index in [1.807, 2.05) is 6.07 Å². The van der Waals surface area contributed by atoms with Crippen LogP contribution in [0, 0.1) is 0 Å². The number of carbonyl (C=O) groups excluding carboxylic acids is 1. The highest BCUT2D eigenvalue weighted by Gasteiger charge is 2.34. The molecule has 1 amide bonds. The minimum absolute atomic E-state index is 0.145. The minimum Gasteiger partial charge on any atom is -0.347 e. The first-order valence-electron chi connectivity index (χ1n) is 7.12. The number of aryl methyl sites for hydroxylation is 2. The van der Waals surface area contributed by atoms with Crippen LogP contribution in [0.3, 0.4) is 0 Å².